The number of nitrogens with zero attached hydrogens (tertiary/aromatic N) is 5. The Labute approximate surface area is 253 Å². The Balaban J connectivity index is 0.00000106. The number of likely N-dealkylation sites (N-methyl/N-ethyl adjacent to an activating group) is 1. The smallest absolute Gasteiger partial charge is 0.280 e. The molecule has 2 aliphatic rings. The summed E-state index contributed by atoms with van der Waals surface area (Å²) in [4.78, 5) is 31.1. The van der Waals surface area contributed by atoms with Gasteiger partial charge in [-0.1, -0.05) is 42.5 Å². The van der Waals surface area contributed by atoms with Gasteiger partial charge in [0, 0.05) is 43.6 Å². The molecule has 0 radical (unpaired) electrons. The Hall–Kier alpha value is -2.48. The second-order valence-electron chi connectivity index (χ2n) is 9.09. The highest BCUT2D eigenvalue weighted by Crippen LogP contribution is 2.41. The first-order valence-corrected chi connectivity index (χ1v) is 16.6. The Morgan fingerprint density at radius 1 is 1.23 bits per heavy atom. The number of amides is 1. The highest BCUT2D eigenvalue weighted by Gasteiger charge is 2.38. The van der Waals surface area contributed by atoms with Crippen LogP contribution in [0.3, 0.4) is 0 Å². The van der Waals surface area contributed by atoms with Crippen LogP contribution in [0.1, 0.15) is 62.6 Å². The second kappa shape index (κ2) is 14.4. The van der Waals surface area contributed by atoms with E-state index in [2.05, 4.69) is 22.6 Å². The van der Waals surface area contributed by atoms with E-state index in [-0.39, 0.29) is 29.8 Å². The van der Waals surface area contributed by atoms with Crippen molar-refractivity contribution < 1.29 is 18.7 Å². The number of carbonyl (C=O) groups excluding carboxylic acids is 1. The van der Waals surface area contributed by atoms with E-state index in [9.17, 15) is 14.0 Å². The van der Waals surface area contributed by atoms with E-state index in [0.29, 0.717) is 53.4 Å². The van der Waals surface area contributed by atoms with Gasteiger partial charge in [-0.15, -0.1) is 5.10 Å². The molecule has 0 N–H and O–H groups in total. The number of carbonyl (C=O) groups is 1. The molecule has 0 fully saturated rings. The van der Waals surface area contributed by atoms with Crippen LogP contribution >= 0.6 is 34.5 Å². The molecule has 4 heterocycles. The SMILES string of the molecule is CC.CCN1CC(C)n2c(c(OC)c3c(=O)n4nc(c32)N(C)SCCCCOc2cc(F)ccc2C4)C1=O.CI. The van der Waals surface area contributed by atoms with Crippen molar-refractivity contribution in [2.75, 3.05) is 48.8 Å². The molecule has 2 bridgehead atoms. The number of ether oxygens (including phenoxy) is 2. The first kappa shape index (κ1) is 32.0. The predicted octanol–water partition coefficient (Wildman–Crippen LogP) is 5.77. The minimum absolute atomic E-state index is 0.0718. The van der Waals surface area contributed by atoms with Gasteiger partial charge in [-0.05, 0) is 49.6 Å². The van der Waals surface area contributed by atoms with Crippen molar-refractivity contribution in [3.63, 3.8) is 0 Å². The molecule has 1 unspecified atom stereocenters. The number of aromatic nitrogens is 3. The van der Waals surface area contributed by atoms with Gasteiger partial charge in [0.05, 0.1) is 20.3 Å². The molecule has 220 valence electrons. The maximum Gasteiger partial charge on any atom is 0.280 e. The van der Waals surface area contributed by atoms with Crippen LogP contribution in [-0.2, 0) is 6.54 Å². The zero-order valence-electron chi connectivity index (χ0n) is 24.3. The van der Waals surface area contributed by atoms with Crippen molar-refractivity contribution in [3.05, 3.63) is 45.6 Å². The predicted molar refractivity (Wildman–Crippen MR) is 169 cm³/mol. The van der Waals surface area contributed by atoms with Crippen LogP contribution in [0, 0.1) is 5.82 Å². The van der Waals surface area contributed by atoms with E-state index in [1.807, 2.05) is 48.5 Å². The molecule has 0 saturated carbocycles. The Bertz CT molecular complexity index is 1400. The van der Waals surface area contributed by atoms with E-state index in [1.54, 1.807) is 22.9 Å². The van der Waals surface area contributed by atoms with Gasteiger partial charge >= 0.3 is 0 Å². The number of benzene rings is 1. The first-order valence-electron chi connectivity index (χ1n) is 13.5. The summed E-state index contributed by atoms with van der Waals surface area (Å²) in [5.41, 5.74) is 1.24. The number of halogens is 2. The molecule has 9 nitrogen and oxygen atoms in total. The second-order valence-corrected chi connectivity index (χ2v) is 10.3. The van der Waals surface area contributed by atoms with Gasteiger partial charge in [-0.3, -0.25) is 9.59 Å². The summed E-state index contributed by atoms with van der Waals surface area (Å²) in [6, 6.07) is 4.24. The van der Waals surface area contributed by atoms with Crippen molar-refractivity contribution in [1.82, 2.24) is 19.2 Å². The summed E-state index contributed by atoms with van der Waals surface area (Å²) in [5.74, 6) is 1.48. The number of alkyl halides is 1. The van der Waals surface area contributed by atoms with Crippen LogP contribution in [0.4, 0.5) is 10.2 Å². The fraction of sp³-hybridized carbons (Fsp3) is 0.536. The lowest BCUT2D eigenvalue weighted by atomic mass is 10.2. The molecule has 1 amide bonds. The molecular weight excluding hydrogens is 648 g/mol. The first-order chi connectivity index (χ1) is 19.3. The quantitative estimate of drug-likeness (QED) is 0.193. The van der Waals surface area contributed by atoms with Crippen LogP contribution in [0.15, 0.2) is 23.0 Å². The van der Waals surface area contributed by atoms with Crippen molar-refractivity contribution in [2.45, 2.75) is 53.1 Å². The lowest BCUT2D eigenvalue weighted by Gasteiger charge is -2.33. The third kappa shape index (κ3) is 6.07. The highest BCUT2D eigenvalue weighted by atomic mass is 127. The Morgan fingerprint density at radius 3 is 2.62 bits per heavy atom. The summed E-state index contributed by atoms with van der Waals surface area (Å²) < 4.78 is 30.9. The van der Waals surface area contributed by atoms with Crippen molar-refractivity contribution in [3.8, 4) is 11.5 Å². The lowest BCUT2D eigenvalue weighted by Crippen LogP contribution is -2.42. The molecule has 0 spiro atoms. The maximum atomic E-state index is 14.0. The summed E-state index contributed by atoms with van der Waals surface area (Å²) in [5, 5.41) is 5.10. The number of hydrogen-bond donors (Lipinski definition) is 0. The van der Waals surface area contributed by atoms with Gasteiger partial charge in [0.25, 0.3) is 11.5 Å². The summed E-state index contributed by atoms with van der Waals surface area (Å²) >= 11 is 3.74. The fourth-order valence-corrected chi connectivity index (χ4v) is 5.84. The standard InChI is InChI=1S/C25H30FN5O4S.C2H6.CH3I/c1-5-29-13-15(2)31-20-19(22(34-4)21(31)25(29)33)24(32)30-14-16-8-9-17(26)12-18(16)35-10-6-7-11-36-28(3)23(20)27-30;2*1-2/h8-9,12,15H,5-7,10-11,13-14H2,1-4H3;1-2H3;1H3. The Morgan fingerprint density at radius 2 is 1.95 bits per heavy atom. The summed E-state index contributed by atoms with van der Waals surface area (Å²) in [6.07, 6.45) is 1.70. The molecule has 5 rings (SSSR count). The minimum Gasteiger partial charge on any atom is -0.493 e. The number of methoxy groups -OCH3 is 1. The van der Waals surface area contributed by atoms with Gasteiger partial charge < -0.3 is 23.2 Å². The van der Waals surface area contributed by atoms with Crippen molar-refractivity contribution in [2.24, 2.45) is 0 Å². The zero-order chi connectivity index (χ0) is 29.6. The van der Waals surface area contributed by atoms with Crippen LogP contribution in [-0.4, -0.2) is 69.7 Å². The number of hydrogen-bond acceptors (Lipinski definition) is 7. The maximum absolute atomic E-state index is 14.0. The monoisotopic (exact) mass is 687 g/mol. The van der Waals surface area contributed by atoms with Crippen molar-refractivity contribution in [1.29, 1.82) is 0 Å². The van der Waals surface area contributed by atoms with Gasteiger partial charge in [-0.25, -0.2) is 9.07 Å². The van der Waals surface area contributed by atoms with Crippen LogP contribution < -0.4 is 19.3 Å². The molecule has 3 aromatic rings. The topological polar surface area (TPSA) is 81.8 Å². The van der Waals surface area contributed by atoms with Crippen molar-refractivity contribution >= 4 is 57.2 Å². The average molecular weight is 688 g/mol. The fourth-order valence-electron chi connectivity index (χ4n) is 4.99. The molecule has 40 heavy (non-hydrogen) atoms. The van der Waals surface area contributed by atoms with E-state index in [4.69, 9.17) is 14.6 Å². The molecular formula is C28H39FIN5O4S. The van der Waals surface area contributed by atoms with E-state index >= 15 is 0 Å². The molecule has 1 aromatic carbocycles. The average Bonchev–Trinajstić information content (AvgIpc) is 3.33. The van der Waals surface area contributed by atoms with E-state index in [1.165, 1.54) is 23.9 Å². The normalized spacial score (nSPS) is 17.0. The molecule has 0 aliphatic carbocycles. The third-order valence-corrected chi connectivity index (χ3v) is 7.80. The van der Waals surface area contributed by atoms with Gasteiger partial charge in [0.15, 0.2) is 17.3 Å². The largest absolute Gasteiger partial charge is 0.493 e. The van der Waals surface area contributed by atoms with Gasteiger partial charge in [0.2, 0.25) is 0 Å². The van der Waals surface area contributed by atoms with E-state index < -0.39 is 5.82 Å². The number of anilines is 1. The zero-order valence-corrected chi connectivity index (χ0v) is 27.3. The summed E-state index contributed by atoms with van der Waals surface area (Å²) in [7, 11) is 3.40. The summed E-state index contributed by atoms with van der Waals surface area (Å²) in [6.45, 7) is 9.61. The van der Waals surface area contributed by atoms with Gasteiger partial charge in [-0.2, -0.15) is 0 Å². The third-order valence-electron chi connectivity index (χ3n) is 6.77. The van der Waals surface area contributed by atoms with E-state index in [0.717, 1.165) is 18.6 Å². The number of fused-ring (bicyclic) bond motifs is 7. The molecule has 12 heteroatoms. The molecule has 2 aliphatic heterocycles. The highest BCUT2D eigenvalue weighted by molar-refractivity contribution is 14.1. The lowest BCUT2D eigenvalue weighted by molar-refractivity contribution is 0.0685. The van der Waals surface area contributed by atoms with Gasteiger partial charge in [0.1, 0.15) is 22.5 Å². The molecule has 0 saturated heterocycles. The van der Waals surface area contributed by atoms with Crippen LogP contribution in [0.2, 0.25) is 0 Å². The van der Waals surface area contributed by atoms with Crippen LogP contribution in [0.5, 0.6) is 11.5 Å². The number of rotatable bonds is 2. The molecule has 2 aromatic heterocycles. The van der Waals surface area contributed by atoms with Crippen LogP contribution in [0.25, 0.3) is 10.9 Å². The minimum atomic E-state index is -0.403. The Kier molecular flexibility index (Phi) is 11.6. The molecule has 1 atom stereocenters.